The number of allylic oxidation sites excluding steroid dienone is 1. The van der Waals surface area contributed by atoms with Gasteiger partial charge in [-0.2, -0.15) is 0 Å². The number of ether oxygens (including phenoxy) is 1. The molecule has 0 unspecified atom stereocenters. The molecule has 5 nitrogen and oxygen atoms in total. The Hall–Kier alpha value is -4.51. The lowest BCUT2D eigenvalue weighted by molar-refractivity contribution is -0.142. The molecule has 4 aromatic rings. The molecule has 5 heteroatoms. The second kappa shape index (κ2) is 8.00. The molecule has 1 aliphatic carbocycles. The number of fused-ring (bicyclic) bond motifs is 7. The highest BCUT2D eigenvalue weighted by atomic mass is 16.5. The van der Waals surface area contributed by atoms with Crippen molar-refractivity contribution < 1.29 is 19.1 Å². The predicted molar refractivity (Wildman–Crippen MR) is 141 cm³/mol. The summed E-state index contributed by atoms with van der Waals surface area (Å²) in [4.78, 5) is 42.8. The summed E-state index contributed by atoms with van der Waals surface area (Å²) >= 11 is 0. The summed E-state index contributed by atoms with van der Waals surface area (Å²) in [5.41, 5.74) is 4.10. The quantitative estimate of drug-likeness (QED) is 0.209. The molecule has 0 aromatic heterocycles. The van der Waals surface area contributed by atoms with Crippen LogP contribution >= 0.6 is 0 Å². The smallest absolute Gasteiger partial charge is 0.319 e. The van der Waals surface area contributed by atoms with Crippen molar-refractivity contribution in [1.82, 2.24) is 0 Å². The van der Waals surface area contributed by atoms with Crippen molar-refractivity contribution in [3.05, 3.63) is 114 Å². The maximum Gasteiger partial charge on any atom is 0.319 e. The van der Waals surface area contributed by atoms with E-state index in [0.29, 0.717) is 11.4 Å². The Bertz CT molecular complexity index is 1640. The van der Waals surface area contributed by atoms with Crippen LogP contribution in [-0.4, -0.2) is 17.8 Å². The van der Waals surface area contributed by atoms with Gasteiger partial charge in [-0.25, -0.2) is 4.90 Å². The molecule has 1 fully saturated rings. The first-order chi connectivity index (χ1) is 18.0. The summed E-state index contributed by atoms with van der Waals surface area (Å²) in [6.45, 7) is 1.96. The second-order valence-corrected chi connectivity index (χ2v) is 10.0. The van der Waals surface area contributed by atoms with Gasteiger partial charge < -0.3 is 4.74 Å². The van der Waals surface area contributed by atoms with Gasteiger partial charge in [-0.15, -0.1) is 0 Å². The number of hydrogen-bond donors (Lipinski definition) is 0. The minimum absolute atomic E-state index is 0.278. The monoisotopic (exact) mass is 485 g/mol. The highest BCUT2D eigenvalue weighted by Crippen LogP contribution is 2.55. The fourth-order valence-electron chi connectivity index (χ4n) is 6.28. The van der Waals surface area contributed by atoms with Gasteiger partial charge in [0.25, 0.3) is 0 Å². The first kappa shape index (κ1) is 21.7. The molecule has 2 heterocycles. The minimum atomic E-state index is -0.852. The van der Waals surface area contributed by atoms with Crippen LogP contribution in [0.1, 0.15) is 22.6 Å². The van der Waals surface area contributed by atoms with E-state index in [0.717, 1.165) is 33.0 Å². The normalized spacial score (nSPS) is 24.3. The van der Waals surface area contributed by atoms with Crippen molar-refractivity contribution in [3.8, 4) is 5.75 Å². The Morgan fingerprint density at radius 1 is 0.730 bits per heavy atom. The van der Waals surface area contributed by atoms with Gasteiger partial charge >= 0.3 is 5.97 Å². The van der Waals surface area contributed by atoms with Crippen LogP contribution in [0.3, 0.4) is 0 Å². The number of esters is 1. The molecule has 3 aliphatic rings. The van der Waals surface area contributed by atoms with Gasteiger partial charge in [0.15, 0.2) is 0 Å². The average Bonchev–Trinajstić information content (AvgIpc) is 3.19. The number of rotatable bonds is 2. The summed E-state index contributed by atoms with van der Waals surface area (Å²) in [6, 6.07) is 28.8. The lowest BCUT2D eigenvalue weighted by atomic mass is 9.64. The van der Waals surface area contributed by atoms with Gasteiger partial charge in [0.05, 0.1) is 23.4 Å². The third-order valence-electron chi connectivity index (χ3n) is 7.96. The molecule has 0 bridgehead atoms. The number of anilines is 1. The summed E-state index contributed by atoms with van der Waals surface area (Å²) in [5.74, 6) is -3.38. The van der Waals surface area contributed by atoms with E-state index in [1.807, 2.05) is 91.9 Å². The van der Waals surface area contributed by atoms with Gasteiger partial charge in [-0.1, -0.05) is 84.4 Å². The lowest BCUT2D eigenvalue weighted by Gasteiger charge is -2.38. The van der Waals surface area contributed by atoms with Crippen molar-refractivity contribution in [2.24, 2.45) is 17.8 Å². The number of carbonyl (C=O) groups is 3. The zero-order chi connectivity index (χ0) is 25.3. The van der Waals surface area contributed by atoms with Gasteiger partial charge in [-0.3, -0.25) is 14.4 Å². The number of aryl methyl sites for hydroxylation is 1. The van der Waals surface area contributed by atoms with Gasteiger partial charge in [0.2, 0.25) is 11.8 Å². The topological polar surface area (TPSA) is 63.7 Å². The van der Waals surface area contributed by atoms with Crippen molar-refractivity contribution in [2.45, 2.75) is 12.8 Å². The Labute approximate surface area is 214 Å². The van der Waals surface area contributed by atoms with Crippen LogP contribution in [0.2, 0.25) is 0 Å². The number of nitrogens with zero attached hydrogens (tertiary/aromatic N) is 1. The van der Waals surface area contributed by atoms with E-state index in [-0.39, 0.29) is 17.7 Å². The third kappa shape index (κ3) is 3.13. The first-order valence-electron chi connectivity index (χ1n) is 12.5. The molecule has 2 amide bonds. The zero-order valence-electron chi connectivity index (χ0n) is 20.1. The second-order valence-electron chi connectivity index (χ2n) is 10.0. The molecule has 2 aliphatic heterocycles. The van der Waals surface area contributed by atoms with E-state index in [1.165, 1.54) is 4.90 Å². The fraction of sp³-hybridized carbons (Fsp3) is 0.156. The maximum absolute atomic E-state index is 14.1. The summed E-state index contributed by atoms with van der Waals surface area (Å²) in [7, 11) is 0. The van der Waals surface area contributed by atoms with Crippen molar-refractivity contribution in [3.63, 3.8) is 0 Å². The fourth-order valence-corrected chi connectivity index (χ4v) is 6.28. The summed E-state index contributed by atoms with van der Waals surface area (Å²) in [5, 5.41) is 1.98. The van der Waals surface area contributed by atoms with E-state index in [4.69, 9.17) is 4.74 Å². The molecule has 0 N–H and O–H groups in total. The van der Waals surface area contributed by atoms with Crippen LogP contribution in [0.4, 0.5) is 5.69 Å². The van der Waals surface area contributed by atoms with Crippen LogP contribution in [0.15, 0.2) is 97.1 Å². The van der Waals surface area contributed by atoms with Crippen LogP contribution in [0.5, 0.6) is 5.75 Å². The van der Waals surface area contributed by atoms with Gasteiger partial charge in [0.1, 0.15) is 5.75 Å². The van der Waals surface area contributed by atoms with E-state index >= 15 is 0 Å². The van der Waals surface area contributed by atoms with Crippen molar-refractivity contribution in [2.75, 3.05) is 4.90 Å². The average molecular weight is 486 g/mol. The van der Waals surface area contributed by atoms with E-state index in [1.54, 1.807) is 12.1 Å². The SMILES string of the molecule is Cc1ccc(N2C(=O)[C@@H]3[C@@H]4C(=O)Oc5ccc6ccccc6c5C4=C[C@H](c4ccccc4)[C@@H]3C2=O)cc1. The predicted octanol–water partition coefficient (Wildman–Crippen LogP) is 5.67. The Morgan fingerprint density at radius 3 is 2.22 bits per heavy atom. The third-order valence-corrected chi connectivity index (χ3v) is 7.96. The van der Waals surface area contributed by atoms with Gasteiger partial charge in [0, 0.05) is 11.5 Å². The molecule has 37 heavy (non-hydrogen) atoms. The molecule has 1 saturated heterocycles. The molecule has 7 rings (SSSR count). The molecular weight excluding hydrogens is 462 g/mol. The zero-order valence-corrected chi connectivity index (χ0v) is 20.1. The lowest BCUT2D eigenvalue weighted by Crippen LogP contribution is -2.42. The van der Waals surface area contributed by atoms with Crippen LogP contribution in [0.25, 0.3) is 16.3 Å². The van der Waals surface area contributed by atoms with E-state index in [9.17, 15) is 14.4 Å². The Balaban J connectivity index is 1.47. The number of amides is 2. The Morgan fingerprint density at radius 2 is 1.43 bits per heavy atom. The Kier molecular flexibility index (Phi) is 4.70. The molecule has 4 atom stereocenters. The van der Waals surface area contributed by atoms with Crippen molar-refractivity contribution in [1.29, 1.82) is 0 Å². The molecule has 180 valence electrons. The van der Waals surface area contributed by atoms with Gasteiger partial charge in [-0.05, 0) is 47.0 Å². The highest BCUT2D eigenvalue weighted by molar-refractivity contribution is 6.25. The van der Waals surface area contributed by atoms with Crippen LogP contribution in [0, 0.1) is 24.7 Å². The molecule has 0 radical (unpaired) electrons. The summed E-state index contributed by atoms with van der Waals surface area (Å²) < 4.78 is 5.84. The largest absolute Gasteiger partial charge is 0.425 e. The molecule has 4 aromatic carbocycles. The van der Waals surface area contributed by atoms with Crippen LogP contribution in [-0.2, 0) is 14.4 Å². The number of carbonyl (C=O) groups excluding carboxylic acids is 3. The molecule has 0 spiro atoms. The first-order valence-corrected chi connectivity index (χ1v) is 12.5. The standard InChI is InChI=1S/C32H23NO4/c1-18-11-14-21(15-12-18)33-30(34)27-23(19-7-3-2-4-8-19)17-24-26-22-10-6-5-9-20(22)13-16-25(26)37-32(36)28(24)29(27)31(33)35/h2-17,23,27-29H,1H3/t23-,27+,28-,29+/m1/s1. The number of hydrogen-bond acceptors (Lipinski definition) is 4. The van der Waals surface area contributed by atoms with E-state index in [2.05, 4.69) is 0 Å². The molecule has 0 saturated carbocycles. The minimum Gasteiger partial charge on any atom is -0.425 e. The number of imide groups is 1. The summed E-state index contributed by atoms with van der Waals surface area (Å²) in [6.07, 6.45) is 2.04. The van der Waals surface area contributed by atoms with E-state index < -0.39 is 23.7 Å². The van der Waals surface area contributed by atoms with Crippen molar-refractivity contribution >= 4 is 39.8 Å². The maximum atomic E-state index is 14.1. The highest BCUT2D eigenvalue weighted by Gasteiger charge is 2.60. The molecular formula is C32H23NO4. The number of benzene rings is 4. The van der Waals surface area contributed by atoms with Crippen LogP contribution < -0.4 is 9.64 Å².